The van der Waals surface area contributed by atoms with E-state index in [0.29, 0.717) is 11.5 Å². The molecule has 1 N–H and O–H groups in total. The number of hydrogen-bond acceptors (Lipinski definition) is 5. The summed E-state index contributed by atoms with van der Waals surface area (Å²) < 4.78 is 12.8. The van der Waals surface area contributed by atoms with Crippen LogP contribution in [0.5, 0.6) is 11.5 Å². The Morgan fingerprint density at radius 2 is 2.00 bits per heavy atom. The number of carboxylic acid groups (broad SMARTS) is 1. The first-order chi connectivity index (χ1) is 10.9. The molecule has 1 aromatic carbocycles. The Morgan fingerprint density at radius 3 is 2.57 bits per heavy atom. The molecule has 0 aliphatic carbocycles. The molecule has 0 aliphatic heterocycles. The highest BCUT2D eigenvalue weighted by Crippen LogP contribution is 2.27. The van der Waals surface area contributed by atoms with Crippen molar-refractivity contribution in [1.29, 1.82) is 0 Å². The van der Waals surface area contributed by atoms with Gasteiger partial charge in [0.25, 0.3) is 0 Å². The van der Waals surface area contributed by atoms with Gasteiger partial charge in [-0.15, -0.1) is 5.10 Å². The second-order valence-electron chi connectivity index (χ2n) is 4.78. The lowest BCUT2D eigenvalue weighted by Crippen LogP contribution is -2.30. The van der Waals surface area contributed by atoms with E-state index >= 15 is 0 Å². The molecule has 2 aromatic rings. The van der Waals surface area contributed by atoms with Crippen LogP contribution in [0, 0.1) is 0 Å². The van der Waals surface area contributed by atoms with Gasteiger partial charge in [-0.25, -0.2) is 14.3 Å². The van der Waals surface area contributed by atoms with E-state index in [1.807, 2.05) is 0 Å². The monoisotopic (exact) mass is 385 g/mol. The molecule has 0 saturated heterocycles. The van der Waals surface area contributed by atoms with Gasteiger partial charge < -0.3 is 14.6 Å². The van der Waals surface area contributed by atoms with Crippen molar-refractivity contribution >= 4 is 21.9 Å². The molecule has 1 atom stereocenters. The predicted molar refractivity (Wildman–Crippen MR) is 85.2 cm³/mol. The van der Waals surface area contributed by atoms with E-state index in [9.17, 15) is 9.59 Å². The number of rotatable bonds is 6. The maximum Gasteiger partial charge on any atom is 0.347 e. The zero-order valence-corrected chi connectivity index (χ0v) is 14.4. The first kappa shape index (κ1) is 17.1. The Balaban J connectivity index is 2.37. The molecule has 0 bridgehead atoms. The van der Waals surface area contributed by atoms with Gasteiger partial charge in [0.15, 0.2) is 11.5 Å². The molecule has 1 unspecified atom stereocenters. The Hall–Kier alpha value is -2.29. The predicted octanol–water partition coefficient (Wildman–Crippen LogP) is 1.52. The van der Waals surface area contributed by atoms with Crippen LogP contribution in [0.2, 0.25) is 0 Å². The number of carbonyl (C=O) groups is 1. The minimum absolute atomic E-state index is 0.165. The first-order valence-corrected chi connectivity index (χ1v) is 7.47. The third-order valence-electron chi connectivity index (χ3n) is 3.35. The lowest BCUT2D eigenvalue weighted by Gasteiger charge is -2.09. The van der Waals surface area contributed by atoms with Crippen molar-refractivity contribution in [2.24, 2.45) is 0 Å². The van der Waals surface area contributed by atoms with Crippen LogP contribution in [0.25, 0.3) is 0 Å². The fraction of sp³-hybridized carbons (Fsp3) is 0.357. The Bertz CT molecular complexity index is 783. The van der Waals surface area contributed by atoms with Gasteiger partial charge in [0, 0.05) is 0 Å². The minimum Gasteiger partial charge on any atom is -0.493 e. The van der Waals surface area contributed by atoms with E-state index in [0.717, 1.165) is 10.1 Å². The Morgan fingerprint density at radius 1 is 1.35 bits per heavy atom. The first-order valence-electron chi connectivity index (χ1n) is 6.67. The number of halogens is 1. The van der Waals surface area contributed by atoms with Gasteiger partial charge in [0.05, 0.1) is 20.8 Å². The zero-order chi connectivity index (χ0) is 17.1. The van der Waals surface area contributed by atoms with E-state index in [4.69, 9.17) is 14.6 Å². The van der Waals surface area contributed by atoms with Crippen LogP contribution in [0.1, 0.15) is 18.5 Å². The molecule has 124 valence electrons. The summed E-state index contributed by atoms with van der Waals surface area (Å²) in [4.78, 5) is 23.4. The Labute approximate surface area is 140 Å². The number of carboxylic acids is 1. The topological polar surface area (TPSA) is 95.6 Å². The molecule has 1 heterocycles. The minimum atomic E-state index is -1.11. The van der Waals surface area contributed by atoms with Crippen LogP contribution >= 0.6 is 15.9 Å². The van der Waals surface area contributed by atoms with Gasteiger partial charge in [-0.1, -0.05) is 6.07 Å². The molecule has 2 rings (SSSR count). The number of nitrogens with zero attached hydrogens (tertiary/aromatic N) is 3. The van der Waals surface area contributed by atoms with Crippen LogP contribution in [0.3, 0.4) is 0 Å². The number of aromatic nitrogens is 3. The summed E-state index contributed by atoms with van der Waals surface area (Å²) in [5.74, 6) is 0.00345. The average molecular weight is 386 g/mol. The molecule has 0 saturated carbocycles. The number of benzene rings is 1. The summed E-state index contributed by atoms with van der Waals surface area (Å²) in [6, 6.07) is 4.22. The number of aliphatic carboxylic acids is 1. The summed E-state index contributed by atoms with van der Waals surface area (Å²) in [5, 5.41) is 13.1. The third-order valence-corrected chi connectivity index (χ3v) is 3.89. The van der Waals surface area contributed by atoms with Crippen LogP contribution < -0.4 is 15.2 Å². The van der Waals surface area contributed by atoms with Crippen LogP contribution in [-0.2, 0) is 11.3 Å². The fourth-order valence-electron chi connectivity index (χ4n) is 2.08. The molecular formula is C14H16BrN3O5. The molecule has 0 spiro atoms. The number of ether oxygens (including phenoxy) is 2. The summed E-state index contributed by atoms with van der Waals surface area (Å²) in [6.45, 7) is 1.59. The van der Waals surface area contributed by atoms with Crippen molar-refractivity contribution in [3.8, 4) is 11.5 Å². The quantitative estimate of drug-likeness (QED) is 0.809. The number of hydrogen-bond donors (Lipinski definition) is 1. The van der Waals surface area contributed by atoms with Gasteiger partial charge in [0.1, 0.15) is 6.04 Å². The average Bonchev–Trinajstić information content (AvgIpc) is 2.80. The van der Waals surface area contributed by atoms with E-state index < -0.39 is 17.7 Å². The summed E-state index contributed by atoms with van der Waals surface area (Å²) in [7, 11) is 3.06. The third kappa shape index (κ3) is 3.39. The lowest BCUT2D eigenvalue weighted by atomic mass is 10.2. The van der Waals surface area contributed by atoms with Gasteiger partial charge in [-0.3, -0.25) is 4.57 Å². The number of methoxy groups -OCH3 is 2. The van der Waals surface area contributed by atoms with Crippen molar-refractivity contribution < 1.29 is 19.4 Å². The van der Waals surface area contributed by atoms with Crippen molar-refractivity contribution in [3.63, 3.8) is 0 Å². The smallest absolute Gasteiger partial charge is 0.347 e. The highest BCUT2D eigenvalue weighted by atomic mass is 79.9. The van der Waals surface area contributed by atoms with Gasteiger partial charge in [-0.2, -0.15) is 0 Å². The van der Waals surface area contributed by atoms with Gasteiger partial charge >= 0.3 is 11.7 Å². The SMILES string of the molecule is COc1ccc(Cn2nc(Br)n(C(C)C(=O)O)c2=O)cc1OC. The molecule has 0 aliphatic rings. The highest BCUT2D eigenvalue weighted by molar-refractivity contribution is 9.10. The maximum atomic E-state index is 12.3. The standard InChI is InChI=1S/C14H16BrN3O5/c1-8(12(19)20)18-13(15)16-17(14(18)21)7-9-4-5-10(22-2)11(6-9)23-3/h4-6,8H,7H2,1-3H3,(H,19,20). The van der Waals surface area contributed by atoms with Crippen molar-refractivity contribution in [2.75, 3.05) is 14.2 Å². The van der Waals surface area contributed by atoms with Crippen LogP contribution in [0.4, 0.5) is 0 Å². The molecule has 9 heteroatoms. The maximum absolute atomic E-state index is 12.3. The van der Waals surface area contributed by atoms with Crippen LogP contribution in [-0.4, -0.2) is 39.6 Å². The summed E-state index contributed by atoms with van der Waals surface area (Å²) in [5.41, 5.74) is 0.256. The molecule has 0 amide bonds. The van der Waals surface area contributed by atoms with Crippen LogP contribution in [0.15, 0.2) is 27.7 Å². The summed E-state index contributed by atoms with van der Waals surface area (Å²) >= 11 is 3.12. The lowest BCUT2D eigenvalue weighted by molar-refractivity contribution is -0.140. The summed E-state index contributed by atoms with van der Waals surface area (Å²) in [6.07, 6.45) is 0. The second kappa shape index (κ2) is 6.86. The van der Waals surface area contributed by atoms with E-state index in [1.54, 1.807) is 18.2 Å². The fourth-order valence-corrected chi connectivity index (χ4v) is 2.73. The van der Waals surface area contributed by atoms with Gasteiger partial charge in [-0.05, 0) is 40.5 Å². The zero-order valence-electron chi connectivity index (χ0n) is 12.8. The van der Waals surface area contributed by atoms with E-state index in [1.165, 1.54) is 25.8 Å². The highest BCUT2D eigenvalue weighted by Gasteiger charge is 2.22. The van der Waals surface area contributed by atoms with Crippen molar-refractivity contribution in [1.82, 2.24) is 14.3 Å². The largest absolute Gasteiger partial charge is 0.493 e. The molecular weight excluding hydrogens is 370 g/mol. The molecule has 0 radical (unpaired) electrons. The van der Waals surface area contributed by atoms with E-state index in [2.05, 4.69) is 21.0 Å². The van der Waals surface area contributed by atoms with Crippen molar-refractivity contribution in [2.45, 2.75) is 19.5 Å². The van der Waals surface area contributed by atoms with Crippen molar-refractivity contribution in [3.05, 3.63) is 39.0 Å². The molecule has 23 heavy (non-hydrogen) atoms. The molecule has 1 aromatic heterocycles. The van der Waals surface area contributed by atoms with E-state index in [-0.39, 0.29) is 11.3 Å². The molecule has 0 fully saturated rings. The second-order valence-corrected chi connectivity index (χ2v) is 5.49. The Kier molecular flexibility index (Phi) is 5.09. The van der Waals surface area contributed by atoms with Gasteiger partial charge in [0.2, 0.25) is 4.73 Å². The molecule has 8 nitrogen and oxygen atoms in total. The normalized spacial score (nSPS) is 12.0.